The molecule has 0 bridgehead atoms. The lowest BCUT2D eigenvalue weighted by molar-refractivity contribution is 0.171. The molecule has 26 heavy (non-hydrogen) atoms. The maximum absolute atomic E-state index is 5.64. The molecule has 0 saturated carbocycles. The van der Waals surface area contributed by atoms with E-state index in [1.54, 1.807) is 0 Å². The fraction of sp³-hybridized carbons (Fsp3) is 0.190. The van der Waals surface area contributed by atoms with Gasteiger partial charge in [0.05, 0.1) is 0 Å². The second-order valence-corrected chi connectivity index (χ2v) is 6.35. The van der Waals surface area contributed by atoms with Gasteiger partial charge >= 0.3 is 0 Å². The van der Waals surface area contributed by atoms with Gasteiger partial charge in [-0.2, -0.15) is 0 Å². The largest absolute Gasteiger partial charge is 0.486 e. The van der Waals surface area contributed by atoms with Crippen LogP contribution in [0.25, 0.3) is 11.1 Å². The first-order valence-electron chi connectivity index (χ1n) is 8.59. The van der Waals surface area contributed by atoms with Crippen LogP contribution in [0.4, 0.5) is 17.2 Å². The number of ether oxygens (including phenoxy) is 2. The fourth-order valence-electron chi connectivity index (χ4n) is 2.90. The van der Waals surface area contributed by atoms with Crippen molar-refractivity contribution in [3.63, 3.8) is 0 Å². The van der Waals surface area contributed by atoms with Crippen LogP contribution < -0.4 is 19.7 Å². The third-order valence-corrected chi connectivity index (χ3v) is 4.29. The maximum Gasteiger partial charge on any atom is 0.163 e. The summed E-state index contributed by atoms with van der Waals surface area (Å²) in [7, 11) is 4.08. The van der Waals surface area contributed by atoms with E-state index in [0.717, 1.165) is 34.1 Å². The lowest BCUT2D eigenvalue weighted by atomic mass is 10.1. The van der Waals surface area contributed by atoms with Crippen LogP contribution in [0.1, 0.15) is 0 Å². The first kappa shape index (κ1) is 16.3. The van der Waals surface area contributed by atoms with E-state index in [1.165, 1.54) is 5.69 Å². The zero-order valence-corrected chi connectivity index (χ0v) is 14.9. The zero-order chi connectivity index (χ0) is 17.9. The quantitative estimate of drug-likeness (QED) is 0.761. The number of rotatable bonds is 4. The van der Waals surface area contributed by atoms with Gasteiger partial charge in [-0.1, -0.05) is 12.1 Å². The first-order valence-corrected chi connectivity index (χ1v) is 8.59. The molecule has 0 radical (unpaired) electrons. The van der Waals surface area contributed by atoms with Gasteiger partial charge in [0.15, 0.2) is 11.5 Å². The molecule has 4 rings (SSSR count). The van der Waals surface area contributed by atoms with Crippen molar-refractivity contribution in [2.45, 2.75) is 0 Å². The van der Waals surface area contributed by atoms with Crippen LogP contribution in [0.3, 0.4) is 0 Å². The molecule has 132 valence electrons. The Morgan fingerprint density at radius 1 is 0.846 bits per heavy atom. The highest BCUT2D eigenvalue weighted by molar-refractivity contribution is 5.70. The summed E-state index contributed by atoms with van der Waals surface area (Å²) >= 11 is 0. The summed E-state index contributed by atoms with van der Waals surface area (Å²) in [6.45, 7) is 1.17. The van der Waals surface area contributed by atoms with Crippen LogP contribution in [0.15, 0.2) is 60.8 Å². The van der Waals surface area contributed by atoms with Crippen LogP contribution >= 0.6 is 0 Å². The zero-order valence-electron chi connectivity index (χ0n) is 14.9. The highest BCUT2D eigenvalue weighted by atomic mass is 16.6. The van der Waals surface area contributed by atoms with Crippen molar-refractivity contribution in [2.24, 2.45) is 0 Å². The second kappa shape index (κ2) is 6.96. The van der Waals surface area contributed by atoms with Gasteiger partial charge in [0.25, 0.3) is 0 Å². The Labute approximate surface area is 153 Å². The lowest BCUT2D eigenvalue weighted by Crippen LogP contribution is -2.15. The number of pyridine rings is 1. The van der Waals surface area contributed by atoms with Crippen molar-refractivity contribution in [1.29, 1.82) is 0 Å². The number of fused-ring (bicyclic) bond motifs is 1. The summed E-state index contributed by atoms with van der Waals surface area (Å²) in [5.74, 6) is 2.33. The molecular formula is C21H21N3O2. The SMILES string of the molecule is CN(C)c1ccc(-c2ccnc(Nc3ccc4c(c3)OCCO4)c2)cc1. The molecule has 2 aromatic carbocycles. The maximum atomic E-state index is 5.64. The topological polar surface area (TPSA) is 46.6 Å². The number of hydrogen-bond acceptors (Lipinski definition) is 5. The predicted octanol–water partition coefficient (Wildman–Crippen LogP) is 4.33. The standard InChI is InChI=1S/C21H21N3O2/c1-24(2)18-6-3-15(4-7-18)16-9-10-22-21(13-16)23-17-5-8-19-20(14-17)26-12-11-25-19/h3-10,13-14H,11-12H2,1-2H3,(H,22,23). The molecule has 0 fully saturated rings. The number of benzene rings is 2. The van der Waals surface area contributed by atoms with Crippen molar-refractivity contribution in [2.75, 3.05) is 37.5 Å². The Hall–Kier alpha value is -3.21. The van der Waals surface area contributed by atoms with Crippen molar-refractivity contribution in [3.8, 4) is 22.6 Å². The molecule has 1 N–H and O–H groups in total. The van der Waals surface area contributed by atoms with Crippen molar-refractivity contribution in [1.82, 2.24) is 4.98 Å². The summed E-state index contributed by atoms with van der Waals surface area (Å²) < 4.78 is 11.2. The van der Waals surface area contributed by atoms with E-state index in [-0.39, 0.29) is 0 Å². The van der Waals surface area contributed by atoms with Gasteiger partial charge in [-0.3, -0.25) is 0 Å². The third kappa shape index (κ3) is 3.42. The van der Waals surface area contributed by atoms with E-state index in [0.29, 0.717) is 13.2 Å². The normalized spacial score (nSPS) is 12.5. The average molecular weight is 347 g/mol. The molecule has 0 aliphatic carbocycles. The average Bonchev–Trinajstić information content (AvgIpc) is 2.68. The van der Waals surface area contributed by atoms with Gasteiger partial charge in [0.1, 0.15) is 19.0 Å². The molecular weight excluding hydrogens is 326 g/mol. The molecule has 1 aliphatic rings. The Balaban J connectivity index is 1.56. The van der Waals surface area contributed by atoms with Crippen LogP contribution in [0.5, 0.6) is 11.5 Å². The third-order valence-electron chi connectivity index (χ3n) is 4.29. The van der Waals surface area contributed by atoms with E-state index in [9.17, 15) is 0 Å². The Morgan fingerprint density at radius 2 is 1.62 bits per heavy atom. The molecule has 5 heteroatoms. The molecule has 5 nitrogen and oxygen atoms in total. The molecule has 1 aromatic heterocycles. The van der Waals surface area contributed by atoms with E-state index < -0.39 is 0 Å². The summed E-state index contributed by atoms with van der Waals surface area (Å²) in [4.78, 5) is 6.52. The molecule has 1 aliphatic heterocycles. The van der Waals surface area contributed by atoms with Gasteiger partial charge in [-0.25, -0.2) is 4.98 Å². The van der Waals surface area contributed by atoms with E-state index in [1.807, 2.05) is 50.6 Å². The highest BCUT2D eigenvalue weighted by Gasteiger charge is 2.12. The van der Waals surface area contributed by atoms with Gasteiger partial charge in [0, 0.05) is 37.7 Å². The predicted molar refractivity (Wildman–Crippen MR) is 105 cm³/mol. The molecule has 3 aromatic rings. The smallest absolute Gasteiger partial charge is 0.163 e. The van der Waals surface area contributed by atoms with Crippen molar-refractivity contribution >= 4 is 17.2 Å². The Morgan fingerprint density at radius 3 is 2.38 bits per heavy atom. The number of nitrogens with zero attached hydrogens (tertiary/aromatic N) is 2. The number of hydrogen-bond donors (Lipinski definition) is 1. The van der Waals surface area contributed by atoms with Crippen LogP contribution in [0, 0.1) is 0 Å². The molecule has 0 amide bonds. The molecule has 0 unspecified atom stereocenters. The van der Waals surface area contributed by atoms with Crippen LogP contribution in [0.2, 0.25) is 0 Å². The summed E-state index contributed by atoms with van der Waals surface area (Å²) in [6.07, 6.45) is 1.82. The molecule has 0 spiro atoms. The van der Waals surface area contributed by atoms with Crippen molar-refractivity contribution in [3.05, 3.63) is 60.8 Å². The van der Waals surface area contributed by atoms with E-state index >= 15 is 0 Å². The monoisotopic (exact) mass is 347 g/mol. The van der Waals surface area contributed by atoms with Gasteiger partial charge < -0.3 is 19.7 Å². The van der Waals surface area contributed by atoms with E-state index in [2.05, 4.69) is 39.5 Å². The second-order valence-electron chi connectivity index (χ2n) is 6.35. The minimum absolute atomic E-state index is 0.577. The Kier molecular flexibility index (Phi) is 4.35. The summed E-state index contributed by atoms with van der Waals surface area (Å²) in [5.41, 5.74) is 4.37. The Bertz CT molecular complexity index is 907. The first-order chi connectivity index (χ1) is 12.7. The number of aromatic nitrogens is 1. The lowest BCUT2D eigenvalue weighted by Gasteiger charge is -2.19. The fourth-order valence-corrected chi connectivity index (χ4v) is 2.90. The van der Waals surface area contributed by atoms with Gasteiger partial charge in [-0.15, -0.1) is 0 Å². The number of nitrogens with one attached hydrogen (secondary N) is 1. The van der Waals surface area contributed by atoms with Gasteiger partial charge in [-0.05, 0) is 47.5 Å². The highest BCUT2D eigenvalue weighted by Crippen LogP contribution is 2.33. The molecule has 0 atom stereocenters. The summed E-state index contributed by atoms with van der Waals surface area (Å²) in [5, 5.41) is 3.34. The van der Waals surface area contributed by atoms with Crippen LogP contribution in [-0.2, 0) is 0 Å². The van der Waals surface area contributed by atoms with Gasteiger partial charge in [0.2, 0.25) is 0 Å². The van der Waals surface area contributed by atoms with Crippen LogP contribution in [-0.4, -0.2) is 32.3 Å². The molecule has 2 heterocycles. The minimum Gasteiger partial charge on any atom is -0.486 e. The minimum atomic E-state index is 0.577. The van der Waals surface area contributed by atoms with E-state index in [4.69, 9.17) is 9.47 Å². The molecule has 0 saturated heterocycles. The van der Waals surface area contributed by atoms with Crippen molar-refractivity contribution < 1.29 is 9.47 Å². The number of anilines is 3. The summed E-state index contributed by atoms with van der Waals surface area (Å²) in [6, 6.07) is 18.4.